The molecular weight excluding hydrogens is 278 g/mol. The monoisotopic (exact) mass is 303 g/mol. The van der Waals surface area contributed by atoms with Gasteiger partial charge in [0, 0.05) is 6.04 Å². The van der Waals surface area contributed by atoms with E-state index in [-0.39, 0.29) is 12.1 Å². The van der Waals surface area contributed by atoms with Crippen LogP contribution in [0.3, 0.4) is 0 Å². The molecule has 120 valence electrons. The van der Waals surface area contributed by atoms with Gasteiger partial charge in [-0.15, -0.1) is 0 Å². The van der Waals surface area contributed by atoms with Crippen LogP contribution in [0.4, 0.5) is 0 Å². The smallest absolute Gasteiger partial charge is 0.161 e. The van der Waals surface area contributed by atoms with E-state index < -0.39 is 0 Å². The van der Waals surface area contributed by atoms with Crippen molar-refractivity contribution in [2.24, 2.45) is 0 Å². The Labute approximate surface area is 132 Å². The van der Waals surface area contributed by atoms with Crippen LogP contribution in [-0.2, 0) is 6.54 Å². The van der Waals surface area contributed by atoms with Crippen LogP contribution >= 0.6 is 0 Å². The minimum atomic E-state index is 0.123. The Morgan fingerprint density at radius 1 is 1.09 bits per heavy atom. The second kappa shape index (κ2) is 7.36. The predicted octanol–water partition coefficient (Wildman–Crippen LogP) is 4.23. The van der Waals surface area contributed by atoms with Crippen molar-refractivity contribution in [2.45, 2.75) is 46.4 Å². The van der Waals surface area contributed by atoms with Gasteiger partial charge in [0.05, 0.1) is 19.8 Å². The number of furan rings is 1. The number of ether oxygens (including phenoxy) is 2. The average molecular weight is 303 g/mol. The van der Waals surface area contributed by atoms with Gasteiger partial charge in [0.1, 0.15) is 11.5 Å². The summed E-state index contributed by atoms with van der Waals surface area (Å²) in [6.07, 6.45) is 0.123. The van der Waals surface area contributed by atoms with Gasteiger partial charge >= 0.3 is 0 Å². The van der Waals surface area contributed by atoms with Crippen molar-refractivity contribution < 1.29 is 13.9 Å². The Hall–Kier alpha value is -1.94. The number of nitrogens with one attached hydrogen (secondary N) is 1. The lowest BCUT2D eigenvalue weighted by Crippen LogP contribution is -2.18. The number of aryl methyl sites for hydroxylation is 1. The maximum atomic E-state index is 5.74. The van der Waals surface area contributed by atoms with E-state index in [2.05, 4.69) is 18.3 Å². The van der Waals surface area contributed by atoms with Gasteiger partial charge in [-0.25, -0.2) is 0 Å². The molecule has 1 atom stereocenters. The van der Waals surface area contributed by atoms with Gasteiger partial charge in [-0.2, -0.15) is 0 Å². The van der Waals surface area contributed by atoms with Crippen molar-refractivity contribution >= 4 is 0 Å². The molecule has 0 aliphatic carbocycles. The van der Waals surface area contributed by atoms with Gasteiger partial charge in [0.15, 0.2) is 11.5 Å². The maximum absolute atomic E-state index is 5.74. The highest BCUT2D eigenvalue weighted by Crippen LogP contribution is 2.31. The number of benzene rings is 1. The Morgan fingerprint density at radius 2 is 1.86 bits per heavy atom. The van der Waals surface area contributed by atoms with E-state index in [0.717, 1.165) is 28.6 Å². The molecule has 2 rings (SSSR count). The van der Waals surface area contributed by atoms with E-state index in [0.29, 0.717) is 6.54 Å². The third-order valence-electron chi connectivity index (χ3n) is 3.43. The van der Waals surface area contributed by atoms with Gasteiger partial charge in [0.25, 0.3) is 0 Å². The Bertz CT molecular complexity index is 604. The molecule has 4 nitrogen and oxygen atoms in total. The number of hydrogen-bond acceptors (Lipinski definition) is 4. The van der Waals surface area contributed by atoms with E-state index in [9.17, 15) is 0 Å². The highest BCUT2D eigenvalue weighted by molar-refractivity contribution is 5.43. The minimum Gasteiger partial charge on any atom is -0.493 e. The van der Waals surface area contributed by atoms with Gasteiger partial charge in [-0.05, 0) is 57.5 Å². The second-order valence-corrected chi connectivity index (χ2v) is 5.69. The largest absolute Gasteiger partial charge is 0.493 e. The lowest BCUT2D eigenvalue weighted by molar-refractivity contribution is 0.230. The summed E-state index contributed by atoms with van der Waals surface area (Å²) in [5.41, 5.74) is 1.15. The SMILES string of the molecule is COc1cc(C(C)NCc2ccc(C)o2)ccc1OC(C)C. The Balaban J connectivity index is 2.04. The van der Waals surface area contributed by atoms with Crippen LogP contribution in [0, 0.1) is 6.92 Å². The fourth-order valence-corrected chi connectivity index (χ4v) is 2.26. The Kier molecular flexibility index (Phi) is 5.50. The standard InChI is InChI=1S/C18H25NO3/c1-12(2)21-17-9-7-15(10-18(17)20-5)14(4)19-11-16-8-6-13(3)22-16/h6-10,12,14,19H,11H2,1-5H3. The van der Waals surface area contributed by atoms with Crippen LogP contribution in [0.15, 0.2) is 34.7 Å². The van der Waals surface area contributed by atoms with Crippen molar-refractivity contribution in [2.75, 3.05) is 7.11 Å². The lowest BCUT2D eigenvalue weighted by Gasteiger charge is -2.18. The van der Waals surface area contributed by atoms with Crippen LogP contribution in [-0.4, -0.2) is 13.2 Å². The molecule has 1 aromatic carbocycles. The van der Waals surface area contributed by atoms with Gasteiger partial charge in [0.2, 0.25) is 0 Å². The molecule has 0 saturated carbocycles. The highest BCUT2D eigenvalue weighted by Gasteiger charge is 2.12. The molecule has 0 aliphatic heterocycles. The first-order valence-electron chi connectivity index (χ1n) is 7.63. The first-order chi connectivity index (χ1) is 10.5. The maximum Gasteiger partial charge on any atom is 0.161 e. The summed E-state index contributed by atoms with van der Waals surface area (Å²) in [6, 6.07) is 10.2. The number of methoxy groups -OCH3 is 1. The zero-order valence-electron chi connectivity index (χ0n) is 14.0. The molecule has 0 bridgehead atoms. The lowest BCUT2D eigenvalue weighted by atomic mass is 10.1. The van der Waals surface area contributed by atoms with Crippen molar-refractivity contribution in [3.63, 3.8) is 0 Å². The van der Waals surface area contributed by atoms with Crippen molar-refractivity contribution in [3.05, 3.63) is 47.4 Å². The molecule has 0 spiro atoms. The molecule has 0 saturated heterocycles. The predicted molar refractivity (Wildman–Crippen MR) is 87.5 cm³/mol. The molecular formula is C18H25NO3. The fourth-order valence-electron chi connectivity index (χ4n) is 2.26. The molecule has 1 heterocycles. The molecule has 0 fully saturated rings. The molecule has 1 unspecified atom stereocenters. The van der Waals surface area contributed by atoms with Crippen LogP contribution in [0.5, 0.6) is 11.5 Å². The first-order valence-corrected chi connectivity index (χ1v) is 7.63. The summed E-state index contributed by atoms with van der Waals surface area (Å²) in [5.74, 6) is 3.40. The first kappa shape index (κ1) is 16.4. The quantitative estimate of drug-likeness (QED) is 0.831. The van der Waals surface area contributed by atoms with Gasteiger partial charge in [-0.1, -0.05) is 6.07 Å². The zero-order valence-corrected chi connectivity index (χ0v) is 14.0. The van der Waals surface area contributed by atoms with Gasteiger partial charge < -0.3 is 19.2 Å². The number of rotatable bonds is 7. The summed E-state index contributed by atoms with van der Waals surface area (Å²) in [5, 5.41) is 3.45. The van der Waals surface area contributed by atoms with Crippen LogP contribution in [0.1, 0.15) is 43.9 Å². The molecule has 1 N–H and O–H groups in total. The molecule has 4 heteroatoms. The van der Waals surface area contributed by atoms with E-state index >= 15 is 0 Å². The Morgan fingerprint density at radius 3 is 2.45 bits per heavy atom. The van der Waals surface area contributed by atoms with Crippen LogP contribution < -0.4 is 14.8 Å². The third-order valence-corrected chi connectivity index (χ3v) is 3.43. The molecule has 2 aromatic rings. The topological polar surface area (TPSA) is 43.6 Å². The van der Waals surface area contributed by atoms with E-state index in [1.807, 2.05) is 45.0 Å². The minimum absolute atomic E-state index is 0.123. The summed E-state index contributed by atoms with van der Waals surface area (Å²) in [6.45, 7) is 8.77. The van der Waals surface area contributed by atoms with E-state index in [1.165, 1.54) is 0 Å². The van der Waals surface area contributed by atoms with Gasteiger partial charge in [-0.3, -0.25) is 0 Å². The summed E-state index contributed by atoms with van der Waals surface area (Å²) in [7, 11) is 1.66. The molecule has 0 radical (unpaired) electrons. The molecule has 1 aromatic heterocycles. The third kappa shape index (κ3) is 4.28. The summed E-state index contributed by atoms with van der Waals surface area (Å²) in [4.78, 5) is 0. The molecule has 0 amide bonds. The fraction of sp³-hybridized carbons (Fsp3) is 0.444. The summed E-state index contributed by atoms with van der Waals surface area (Å²) < 4.78 is 16.7. The highest BCUT2D eigenvalue weighted by atomic mass is 16.5. The van der Waals surface area contributed by atoms with Crippen molar-refractivity contribution in [1.82, 2.24) is 5.32 Å². The summed E-state index contributed by atoms with van der Waals surface area (Å²) >= 11 is 0. The van der Waals surface area contributed by atoms with Crippen LogP contribution in [0.25, 0.3) is 0 Å². The number of hydrogen-bond donors (Lipinski definition) is 1. The van der Waals surface area contributed by atoms with E-state index in [4.69, 9.17) is 13.9 Å². The van der Waals surface area contributed by atoms with Crippen molar-refractivity contribution in [1.29, 1.82) is 0 Å². The molecule has 22 heavy (non-hydrogen) atoms. The van der Waals surface area contributed by atoms with Crippen molar-refractivity contribution in [3.8, 4) is 11.5 Å². The normalized spacial score (nSPS) is 12.5. The zero-order chi connectivity index (χ0) is 16.1. The van der Waals surface area contributed by atoms with Crippen LogP contribution in [0.2, 0.25) is 0 Å². The second-order valence-electron chi connectivity index (χ2n) is 5.69. The molecule has 0 aliphatic rings. The van der Waals surface area contributed by atoms with E-state index in [1.54, 1.807) is 7.11 Å². The average Bonchev–Trinajstić information content (AvgIpc) is 2.90.